The van der Waals surface area contributed by atoms with E-state index in [1.807, 2.05) is 18.2 Å². The molecule has 134 valence electrons. The van der Waals surface area contributed by atoms with E-state index in [0.717, 1.165) is 11.3 Å². The van der Waals surface area contributed by atoms with Crippen LogP contribution >= 0.6 is 0 Å². The van der Waals surface area contributed by atoms with Crippen molar-refractivity contribution in [3.05, 3.63) is 47.8 Å². The first-order valence-electron chi connectivity index (χ1n) is 8.05. The molecule has 2 rings (SSSR count). The number of nitrogens with zero attached hydrogens (tertiary/aromatic N) is 1. The van der Waals surface area contributed by atoms with Crippen LogP contribution < -0.4 is 20.1 Å². The Bertz CT molecular complexity index is 739. The van der Waals surface area contributed by atoms with Crippen LogP contribution in [0.15, 0.2) is 36.7 Å². The summed E-state index contributed by atoms with van der Waals surface area (Å²) in [6.07, 6.45) is 3.26. The van der Waals surface area contributed by atoms with Crippen molar-refractivity contribution in [2.45, 2.75) is 32.9 Å². The number of nitrogens with one attached hydrogen (secondary N) is 2. The Labute approximate surface area is 148 Å². The number of hydrogen-bond donors (Lipinski definition) is 2. The van der Waals surface area contributed by atoms with E-state index in [0.29, 0.717) is 23.6 Å². The van der Waals surface area contributed by atoms with Crippen LogP contribution in [0.2, 0.25) is 0 Å². The molecule has 0 aliphatic carbocycles. The molecule has 0 saturated heterocycles. The molecule has 0 radical (unpaired) electrons. The fraction of sp³-hybridized carbons (Fsp3) is 0.368. The lowest BCUT2D eigenvalue weighted by atomic mass is 10.1. The Kier molecular flexibility index (Phi) is 5.85. The molecule has 0 aliphatic rings. The van der Waals surface area contributed by atoms with Gasteiger partial charge in [-0.15, -0.1) is 0 Å². The summed E-state index contributed by atoms with van der Waals surface area (Å²) in [6.45, 7) is 6.54. The number of ether oxygens (including phenoxy) is 2. The van der Waals surface area contributed by atoms with Crippen LogP contribution in [0.25, 0.3) is 0 Å². The molecule has 0 atom stereocenters. The lowest BCUT2D eigenvalue weighted by Gasteiger charge is -2.22. The van der Waals surface area contributed by atoms with Crippen LogP contribution in [-0.2, 0) is 6.54 Å². The first-order valence-corrected chi connectivity index (χ1v) is 8.05. The fourth-order valence-corrected chi connectivity index (χ4v) is 2.34. The zero-order chi connectivity index (χ0) is 18.4. The largest absolute Gasteiger partial charge is 0.493 e. The van der Waals surface area contributed by atoms with Gasteiger partial charge < -0.3 is 20.1 Å². The van der Waals surface area contributed by atoms with Crippen molar-refractivity contribution in [1.29, 1.82) is 0 Å². The van der Waals surface area contributed by atoms with Gasteiger partial charge in [0.25, 0.3) is 5.91 Å². The zero-order valence-electron chi connectivity index (χ0n) is 15.3. The van der Waals surface area contributed by atoms with Gasteiger partial charge in [-0.25, -0.2) is 0 Å². The van der Waals surface area contributed by atoms with E-state index < -0.39 is 0 Å². The lowest BCUT2D eigenvalue weighted by Crippen LogP contribution is -2.27. The molecular formula is C19H25N3O3. The molecule has 0 saturated carbocycles. The van der Waals surface area contributed by atoms with E-state index in [1.54, 1.807) is 32.7 Å². The molecule has 0 unspecified atom stereocenters. The number of hydrogen-bond acceptors (Lipinski definition) is 5. The van der Waals surface area contributed by atoms with Crippen molar-refractivity contribution in [3.8, 4) is 11.5 Å². The summed E-state index contributed by atoms with van der Waals surface area (Å²) in [6, 6.07) is 7.34. The Balaban J connectivity index is 2.04. The van der Waals surface area contributed by atoms with Gasteiger partial charge in [0, 0.05) is 24.5 Å². The van der Waals surface area contributed by atoms with E-state index in [4.69, 9.17) is 9.47 Å². The maximum absolute atomic E-state index is 12.4. The van der Waals surface area contributed by atoms with Gasteiger partial charge in [-0.3, -0.25) is 9.78 Å². The van der Waals surface area contributed by atoms with Crippen LogP contribution in [0.4, 0.5) is 5.69 Å². The van der Waals surface area contributed by atoms with Gasteiger partial charge in [0.05, 0.1) is 25.5 Å². The molecule has 1 heterocycles. The molecule has 0 bridgehead atoms. The molecule has 6 nitrogen and oxygen atoms in total. The normalized spacial score (nSPS) is 10.9. The van der Waals surface area contributed by atoms with Crippen LogP contribution in [0.5, 0.6) is 11.5 Å². The van der Waals surface area contributed by atoms with Crippen molar-refractivity contribution in [3.63, 3.8) is 0 Å². The minimum Gasteiger partial charge on any atom is -0.493 e. The molecular weight excluding hydrogens is 318 g/mol. The smallest absolute Gasteiger partial charge is 0.253 e. The average Bonchev–Trinajstić information content (AvgIpc) is 2.58. The number of carbonyl (C=O) groups excluding carboxylic acids is 1. The highest BCUT2D eigenvalue weighted by Gasteiger charge is 2.12. The molecule has 25 heavy (non-hydrogen) atoms. The Morgan fingerprint density at radius 1 is 1.08 bits per heavy atom. The third-order valence-corrected chi connectivity index (χ3v) is 3.42. The molecule has 0 fully saturated rings. The predicted octanol–water partition coefficient (Wildman–Crippen LogP) is 3.24. The summed E-state index contributed by atoms with van der Waals surface area (Å²) in [5.41, 5.74) is 2.14. The standard InChI is InChI=1S/C19H25N3O3/c1-19(2,3)22-15-9-14(11-20-12-15)18(23)21-10-13-6-7-16(24-4)17(8-13)25-5/h6-9,11-12,22H,10H2,1-5H3,(H,21,23). The van der Waals surface area contributed by atoms with Gasteiger partial charge in [0.15, 0.2) is 11.5 Å². The minimum atomic E-state index is -0.181. The first-order chi connectivity index (χ1) is 11.8. The highest BCUT2D eigenvalue weighted by molar-refractivity contribution is 5.94. The number of amides is 1. The van der Waals surface area contributed by atoms with Gasteiger partial charge in [0.2, 0.25) is 0 Å². The zero-order valence-corrected chi connectivity index (χ0v) is 15.3. The second kappa shape index (κ2) is 7.88. The summed E-state index contributed by atoms with van der Waals surface area (Å²) >= 11 is 0. The molecule has 1 amide bonds. The number of rotatable bonds is 6. The number of carbonyl (C=O) groups is 1. The van der Waals surface area contributed by atoms with Crippen LogP contribution in [0.3, 0.4) is 0 Å². The van der Waals surface area contributed by atoms with Gasteiger partial charge in [-0.2, -0.15) is 0 Å². The quantitative estimate of drug-likeness (QED) is 0.842. The minimum absolute atomic E-state index is 0.101. The molecule has 0 aliphatic heterocycles. The van der Waals surface area contributed by atoms with Crippen LogP contribution in [0, 0.1) is 0 Å². The maximum Gasteiger partial charge on any atom is 0.253 e. The van der Waals surface area contributed by atoms with E-state index in [-0.39, 0.29) is 11.4 Å². The van der Waals surface area contributed by atoms with Crippen molar-refractivity contribution >= 4 is 11.6 Å². The van der Waals surface area contributed by atoms with Crippen LogP contribution in [0.1, 0.15) is 36.7 Å². The Morgan fingerprint density at radius 3 is 2.44 bits per heavy atom. The fourth-order valence-electron chi connectivity index (χ4n) is 2.34. The molecule has 0 spiro atoms. The monoisotopic (exact) mass is 343 g/mol. The number of pyridine rings is 1. The second-order valence-electron chi connectivity index (χ2n) is 6.71. The van der Waals surface area contributed by atoms with E-state index in [1.165, 1.54) is 0 Å². The molecule has 6 heteroatoms. The highest BCUT2D eigenvalue weighted by Crippen LogP contribution is 2.27. The van der Waals surface area contributed by atoms with E-state index in [2.05, 4.69) is 36.4 Å². The van der Waals surface area contributed by atoms with Crippen molar-refractivity contribution in [2.75, 3.05) is 19.5 Å². The highest BCUT2D eigenvalue weighted by atomic mass is 16.5. The van der Waals surface area contributed by atoms with Gasteiger partial charge in [-0.05, 0) is 44.5 Å². The van der Waals surface area contributed by atoms with E-state index in [9.17, 15) is 4.79 Å². The molecule has 2 N–H and O–H groups in total. The lowest BCUT2D eigenvalue weighted by molar-refractivity contribution is 0.0950. The second-order valence-corrected chi connectivity index (χ2v) is 6.71. The summed E-state index contributed by atoms with van der Waals surface area (Å²) < 4.78 is 10.5. The number of methoxy groups -OCH3 is 2. The van der Waals surface area contributed by atoms with Crippen molar-refractivity contribution in [1.82, 2.24) is 10.3 Å². The van der Waals surface area contributed by atoms with Crippen LogP contribution in [-0.4, -0.2) is 30.6 Å². The summed E-state index contributed by atoms with van der Waals surface area (Å²) in [5.74, 6) is 1.11. The summed E-state index contributed by atoms with van der Waals surface area (Å²) in [7, 11) is 3.17. The summed E-state index contributed by atoms with van der Waals surface area (Å²) in [5, 5.41) is 6.20. The molecule has 2 aromatic rings. The SMILES string of the molecule is COc1ccc(CNC(=O)c2cncc(NC(C)(C)C)c2)cc1OC. The predicted molar refractivity (Wildman–Crippen MR) is 98.3 cm³/mol. The molecule has 1 aromatic carbocycles. The van der Waals surface area contributed by atoms with Gasteiger partial charge in [-0.1, -0.05) is 6.07 Å². The number of anilines is 1. The number of benzene rings is 1. The summed E-state index contributed by atoms with van der Waals surface area (Å²) in [4.78, 5) is 16.5. The van der Waals surface area contributed by atoms with Crippen molar-refractivity contribution in [2.24, 2.45) is 0 Å². The van der Waals surface area contributed by atoms with Gasteiger partial charge in [0.1, 0.15) is 0 Å². The third kappa shape index (κ3) is 5.38. The topological polar surface area (TPSA) is 72.5 Å². The van der Waals surface area contributed by atoms with Crippen molar-refractivity contribution < 1.29 is 14.3 Å². The van der Waals surface area contributed by atoms with Gasteiger partial charge >= 0.3 is 0 Å². The first kappa shape index (κ1) is 18.6. The maximum atomic E-state index is 12.4. The molecule has 1 aromatic heterocycles. The number of aromatic nitrogens is 1. The Morgan fingerprint density at radius 2 is 1.80 bits per heavy atom. The third-order valence-electron chi connectivity index (χ3n) is 3.42. The average molecular weight is 343 g/mol. The van der Waals surface area contributed by atoms with E-state index >= 15 is 0 Å². The Hall–Kier alpha value is -2.76.